The van der Waals surface area contributed by atoms with Gasteiger partial charge in [-0.1, -0.05) is 158 Å². The summed E-state index contributed by atoms with van der Waals surface area (Å²) in [5.74, 6) is 0. The second kappa shape index (κ2) is 12.1. The highest BCUT2D eigenvalue weighted by molar-refractivity contribution is 7.26. The lowest BCUT2D eigenvalue weighted by atomic mass is 9.83. The molecule has 0 N–H and O–H groups in total. The highest BCUT2D eigenvalue weighted by Crippen LogP contribution is 2.48. The minimum absolute atomic E-state index is 0.908. The van der Waals surface area contributed by atoms with Gasteiger partial charge in [0.05, 0.1) is 0 Å². The van der Waals surface area contributed by atoms with Crippen molar-refractivity contribution in [3.63, 3.8) is 0 Å². The Balaban J connectivity index is 1.02. The van der Waals surface area contributed by atoms with Gasteiger partial charge in [-0.2, -0.15) is 0 Å². The van der Waals surface area contributed by atoms with Gasteiger partial charge in [0.2, 0.25) is 0 Å². The molecule has 58 heavy (non-hydrogen) atoms. The summed E-state index contributed by atoms with van der Waals surface area (Å²) in [4.78, 5) is 0. The number of fused-ring (bicyclic) bond motifs is 12. The Hall–Kier alpha value is -7.26. The van der Waals surface area contributed by atoms with Crippen LogP contribution in [-0.2, 0) is 0 Å². The van der Waals surface area contributed by atoms with Gasteiger partial charge in [0.15, 0.2) is 0 Å². The van der Waals surface area contributed by atoms with Gasteiger partial charge in [-0.05, 0) is 124 Å². The zero-order valence-corrected chi connectivity index (χ0v) is 32.1. The molecule has 0 saturated heterocycles. The van der Waals surface area contributed by atoms with Crippen molar-refractivity contribution in [3.05, 3.63) is 194 Å². The molecule has 0 fully saturated rings. The van der Waals surface area contributed by atoms with Crippen molar-refractivity contribution in [2.45, 2.75) is 0 Å². The zero-order valence-electron chi connectivity index (χ0n) is 31.3. The van der Waals surface area contributed by atoms with E-state index in [1.807, 2.05) is 11.3 Å². The van der Waals surface area contributed by atoms with Gasteiger partial charge in [-0.25, -0.2) is 0 Å². The summed E-state index contributed by atoms with van der Waals surface area (Å²) in [6.45, 7) is 0. The van der Waals surface area contributed by atoms with E-state index in [0.29, 0.717) is 0 Å². The van der Waals surface area contributed by atoms with Crippen LogP contribution < -0.4 is 0 Å². The molecule has 2 heteroatoms. The molecule has 0 aliphatic heterocycles. The molecule has 0 aliphatic rings. The molecule has 0 bridgehead atoms. The van der Waals surface area contributed by atoms with Crippen LogP contribution in [0.5, 0.6) is 0 Å². The van der Waals surface area contributed by atoms with Gasteiger partial charge in [-0.3, -0.25) is 0 Å². The first-order chi connectivity index (χ1) is 28.8. The quantitative estimate of drug-likeness (QED) is 0.164. The highest BCUT2D eigenvalue weighted by Gasteiger charge is 2.21. The van der Waals surface area contributed by atoms with Crippen LogP contribution in [0.2, 0.25) is 0 Å². The van der Waals surface area contributed by atoms with Crippen molar-refractivity contribution in [1.82, 2.24) is 0 Å². The largest absolute Gasteiger partial charge is 0.456 e. The number of thiophene rings is 1. The van der Waals surface area contributed by atoms with E-state index in [0.717, 1.165) is 21.9 Å². The molecule has 0 atom stereocenters. The third-order valence-corrected chi connectivity index (χ3v) is 13.6. The second-order valence-corrected chi connectivity index (χ2v) is 16.6. The minimum atomic E-state index is 0.908. The molecule has 0 radical (unpaired) electrons. The fraction of sp³-hybridized carbons (Fsp3) is 0. The lowest BCUT2D eigenvalue weighted by Gasteiger charge is -2.20. The Kier molecular flexibility index (Phi) is 6.66. The summed E-state index contributed by atoms with van der Waals surface area (Å²) in [6, 6.07) is 71.5. The van der Waals surface area contributed by atoms with Gasteiger partial charge in [0.1, 0.15) is 11.2 Å². The van der Waals surface area contributed by atoms with Gasteiger partial charge < -0.3 is 4.42 Å². The molecule has 0 amide bonds. The molecule has 0 unspecified atom stereocenters. The molecule has 1 nitrogen and oxygen atoms in total. The SMILES string of the molecule is c1ccc2c(-c3c4ccccc4c(-c4ccc(-c5ccc6oc7cc8c(ccc9sc%10ccccc%10c98)cc7c6c5)c5ccccc45)c4ccccc34)cccc2c1. The summed E-state index contributed by atoms with van der Waals surface area (Å²) >= 11 is 1.86. The fourth-order valence-electron chi connectivity index (χ4n) is 9.91. The van der Waals surface area contributed by atoms with E-state index < -0.39 is 0 Å². The van der Waals surface area contributed by atoms with Crippen molar-refractivity contribution < 1.29 is 4.42 Å². The topological polar surface area (TPSA) is 13.1 Å². The van der Waals surface area contributed by atoms with Crippen molar-refractivity contribution >= 4 is 107 Å². The lowest BCUT2D eigenvalue weighted by molar-refractivity contribution is 0.669. The van der Waals surface area contributed by atoms with Crippen molar-refractivity contribution in [1.29, 1.82) is 0 Å². The molecule has 2 aromatic heterocycles. The highest BCUT2D eigenvalue weighted by atomic mass is 32.1. The van der Waals surface area contributed by atoms with Crippen LogP contribution in [0, 0.1) is 0 Å². The first kappa shape index (κ1) is 31.9. The monoisotopic (exact) mass is 752 g/mol. The van der Waals surface area contributed by atoms with Crippen LogP contribution >= 0.6 is 11.3 Å². The normalized spacial score (nSPS) is 12.1. The van der Waals surface area contributed by atoms with E-state index >= 15 is 0 Å². The van der Waals surface area contributed by atoms with Gasteiger partial charge in [0.25, 0.3) is 0 Å². The summed E-state index contributed by atoms with van der Waals surface area (Å²) in [7, 11) is 0. The lowest BCUT2D eigenvalue weighted by Crippen LogP contribution is -1.93. The van der Waals surface area contributed by atoms with E-state index in [9.17, 15) is 0 Å². The number of hydrogen-bond donors (Lipinski definition) is 0. The molecule has 0 spiro atoms. The number of furan rings is 1. The number of benzene rings is 11. The molecular formula is C56H32OS. The molecular weight excluding hydrogens is 721 g/mol. The van der Waals surface area contributed by atoms with E-state index in [4.69, 9.17) is 4.42 Å². The molecule has 268 valence electrons. The Morgan fingerprint density at radius 2 is 0.862 bits per heavy atom. The van der Waals surface area contributed by atoms with E-state index in [2.05, 4.69) is 194 Å². The van der Waals surface area contributed by atoms with E-state index in [1.165, 1.54) is 107 Å². The molecule has 13 rings (SSSR count). The van der Waals surface area contributed by atoms with Crippen LogP contribution in [0.15, 0.2) is 199 Å². The van der Waals surface area contributed by atoms with Crippen LogP contribution in [0.3, 0.4) is 0 Å². The third kappa shape index (κ3) is 4.52. The first-order valence-electron chi connectivity index (χ1n) is 19.9. The van der Waals surface area contributed by atoms with Crippen molar-refractivity contribution in [3.8, 4) is 33.4 Å². The Morgan fingerprint density at radius 3 is 1.60 bits per heavy atom. The maximum absolute atomic E-state index is 6.60. The summed E-state index contributed by atoms with van der Waals surface area (Å²) < 4.78 is 9.23. The molecule has 2 heterocycles. The average Bonchev–Trinajstić information content (AvgIpc) is 3.85. The summed E-state index contributed by atoms with van der Waals surface area (Å²) in [6.07, 6.45) is 0. The van der Waals surface area contributed by atoms with Crippen molar-refractivity contribution in [2.75, 3.05) is 0 Å². The zero-order chi connectivity index (χ0) is 37.9. The average molecular weight is 753 g/mol. The predicted octanol–water partition coefficient (Wildman–Crippen LogP) is 16.7. The maximum atomic E-state index is 6.60. The number of hydrogen-bond acceptors (Lipinski definition) is 2. The van der Waals surface area contributed by atoms with Crippen LogP contribution in [-0.4, -0.2) is 0 Å². The van der Waals surface area contributed by atoms with Crippen LogP contribution in [0.25, 0.3) is 129 Å². The van der Waals surface area contributed by atoms with E-state index in [1.54, 1.807) is 0 Å². The van der Waals surface area contributed by atoms with Gasteiger partial charge >= 0.3 is 0 Å². The molecule has 0 aliphatic carbocycles. The minimum Gasteiger partial charge on any atom is -0.456 e. The fourth-order valence-corrected chi connectivity index (χ4v) is 11.0. The smallest absolute Gasteiger partial charge is 0.136 e. The maximum Gasteiger partial charge on any atom is 0.136 e. The summed E-state index contributed by atoms with van der Waals surface area (Å²) in [5.41, 5.74) is 9.29. The molecule has 11 aromatic carbocycles. The van der Waals surface area contributed by atoms with Crippen LogP contribution in [0.1, 0.15) is 0 Å². The Morgan fingerprint density at radius 1 is 0.293 bits per heavy atom. The molecule has 13 aromatic rings. The third-order valence-electron chi connectivity index (χ3n) is 12.4. The van der Waals surface area contributed by atoms with E-state index in [-0.39, 0.29) is 0 Å². The predicted molar refractivity (Wildman–Crippen MR) is 250 cm³/mol. The number of rotatable bonds is 3. The van der Waals surface area contributed by atoms with Crippen LogP contribution in [0.4, 0.5) is 0 Å². The van der Waals surface area contributed by atoms with Gasteiger partial charge in [0, 0.05) is 30.9 Å². The first-order valence-corrected chi connectivity index (χ1v) is 20.7. The second-order valence-electron chi connectivity index (χ2n) is 15.5. The summed E-state index contributed by atoms with van der Waals surface area (Å²) in [5, 5.41) is 17.4. The Labute approximate surface area is 337 Å². The molecule has 0 saturated carbocycles. The standard InChI is InChI=1S/C56H32OS/c1-2-14-36-33(12-1)13-11-22-40(36)54-41-17-5-7-19-43(41)55(44-20-8-6-18-42(44)54)45-27-26-37(38-15-3-4-16-39(38)45)34-24-28-50-48(30-34)49-31-35-25-29-53-56(47(35)32-51(49)57-50)46-21-9-10-23-52(46)58-53/h1-32H. The van der Waals surface area contributed by atoms with Gasteiger partial charge in [-0.15, -0.1) is 11.3 Å². The Bertz CT molecular complexity index is 3800. The van der Waals surface area contributed by atoms with Crippen molar-refractivity contribution in [2.24, 2.45) is 0 Å².